The second kappa shape index (κ2) is 8.44. The van der Waals surface area contributed by atoms with E-state index in [9.17, 15) is 9.18 Å². The highest BCUT2D eigenvalue weighted by Crippen LogP contribution is 2.10. The predicted molar refractivity (Wildman–Crippen MR) is 67.8 cm³/mol. The number of hydrogen-bond acceptors (Lipinski definition) is 4. The van der Waals surface area contributed by atoms with E-state index in [2.05, 4.69) is 0 Å². The summed E-state index contributed by atoms with van der Waals surface area (Å²) in [5.41, 5.74) is 0. The van der Waals surface area contributed by atoms with Crippen LogP contribution in [-0.2, 0) is 9.53 Å². The van der Waals surface area contributed by atoms with Crippen LogP contribution in [-0.4, -0.2) is 55.9 Å². The molecule has 19 heavy (non-hydrogen) atoms. The lowest BCUT2D eigenvalue weighted by atomic mass is 10.3. The predicted octanol–water partition coefficient (Wildman–Crippen LogP) is 1.24. The van der Waals surface area contributed by atoms with Crippen molar-refractivity contribution in [3.05, 3.63) is 30.1 Å². The molecule has 0 fully saturated rings. The maximum absolute atomic E-state index is 12.7. The number of rotatable bonds is 9. The Hall–Kier alpha value is -1.66. The molecule has 0 spiro atoms. The van der Waals surface area contributed by atoms with Crippen LogP contribution in [0.25, 0.3) is 0 Å². The van der Waals surface area contributed by atoms with Gasteiger partial charge in [0.05, 0.1) is 13.2 Å². The lowest BCUT2D eigenvalue weighted by Gasteiger charge is -2.19. The molecule has 1 aromatic carbocycles. The van der Waals surface area contributed by atoms with Crippen molar-refractivity contribution < 1.29 is 23.8 Å². The largest absolute Gasteiger partial charge is 0.492 e. The van der Waals surface area contributed by atoms with Crippen LogP contribution in [0.1, 0.15) is 0 Å². The molecular formula is C13H18FNO4. The monoisotopic (exact) mass is 271 g/mol. The maximum atomic E-state index is 12.7. The summed E-state index contributed by atoms with van der Waals surface area (Å²) in [6.07, 6.45) is 0. The highest BCUT2D eigenvalue weighted by Gasteiger charge is 2.09. The molecule has 6 heteroatoms. The highest BCUT2D eigenvalue weighted by atomic mass is 19.1. The van der Waals surface area contributed by atoms with Crippen molar-refractivity contribution in [2.45, 2.75) is 0 Å². The summed E-state index contributed by atoms with van der Waals surface area (Å²) < 4.78 is 23.0. The molecule has 0 radical (unpaired) electrons. The molecule has 0 bridgehead atoms. The second-order valence-corrected chi connectivity index (χ2v) is 3.97. The van der Waals surface area contributed by atoms with E-state index >= 15 is 0 Å². The van der Waals surface area contributed by atoms with E-state index in [1.807, 2.05) is 0 Å². The van der Waals surface area contributed by atoms with Gasteiger partial charge in [-0.25, -0.2) is 4.39 Å². The molecule has 1 rings (SSSR count). The van der Waals surface area contributed by atoms with Gasteiger partial charge < -0.3 is 14.6 Å². The molecule has 0 aliphatic rings. The number of hydrogen-bond donors (Lipinski definition) is 1. The zero-order valence-corrected chi connectivity index (χ0v) is 10.8. The lowest BCUT2D eigenvalue weighted by molar-refractivity contribution is -0.138. The lowest BCUT2D eigenvalue weighted by Crippen LogP contribution is -2.35. The summed E-state index contributed by atoms with van der Waals surface area (Å²) in [5, 5.41) is 8.77. The van der Waals surface area contributed by atoms with E-state index < -0.39 is 5.97 Å². The molecule has 1 N–H and O–H groups in total. The van der Waals surface area contributed by atoms with Crippen LogP contribution < -0.4 is 4.74 Å². The number of aliphatic carboxylic acids is 1. The summed E-state index contributed by atoms with van der Waals surface area (Å²) >= 11 is 0. The molecule has 0 atom stereocenters. The van der Waals surface area contributed by atoms with E-state index in [4.69, 9.17) is 14.6 Å². The van der Waals surface area contributed by atoms with Crippen molar-refractivity contribution >= 4 is 5.97 Å². The fraction of sp³-hybridized carbons (Fsp3) is 0.462. The number of nitrogens with zero attached hydrogens (tertiary/aromatic N) is 1. The van der Waals surface area contributed by atoms with Crippen molar-refractivity contribution in [2.24, 2.45) is 0 Å². The number of ether oxygens (including phenoxy) is 2. The van der Waals surface area contributed by atoms with Crippen LogP contribution >= 0.6 is 0 Å². The Labute approximate surface area is 111 Å². The third kappa shape index (κ3) is 6.73. The molecule has 0 saturated carbocycles. The van der Waals surface area contributed by atoms with Crippen molar-refractivity contribution in [2.75, 3.05) is 40.0 Å². The van der Waals surface area contributed by atoms with Gasteiger partial charge in [-0.3, -0.25) is 9.69 Å². The Balaban J connectivity index is 2.34. The molecule has 0 saturated heterocycles. The Kier molecular flexibility index (Phi) is 6.84. The molecule has 5 nitrogen and oxygen atoms in total. The van der Waals surface area contributed by atoms with E-state index in [0.29, 0.717) is 32.1 Å². The molecule has 0 heterocycles. The molecule has 0 unspecified atom stereocenters. The molecule has 0 amide bonds. The fourth-order valence-electron chi connectivity index (χ4n) is 1.51. The summed E-state index contributed by atoms with van der Waals surface area (Å²) in [6.45, 7) is 1.73. The smallest absolute Gasteiger partial charge is 0.317 e. The van der Waals surface area contributed by atoms with Crippen LogP contribution in [0.2, 0.25) is 0 Å². The van der Waals surface area contributed by atoms with Crippen LogP contribution in [0.5, 0.6) is 5.75 Å². The van der Waals surface area contributed by atoms with Crippen LogP contribution in [0, 0.1) is 5.82 Å². The minimum Gasteiger partial charge on any atom is -0.492 e. The Morgan fingerprint density at radius 2 is 1.89 bits per heavy atom. The standard InChI is InChI=1S/C13H18FNO4/c1-18-8-6-15(10-13(16)17)7-9-19-12-4-2-11(14)3-5-12/h2-5H,6-10H2,1H3,(H,16,17). The van der Waals surface area contributed by atoms with Gasteiger partial charge in [0.1, 0.15) is 18.2 Å². The Bertz CT molecular complexity index is 383. The van der Waals surface area contributed by atoms with Crippen LogP contribution in [0.4, 0.5) is 4.39 Å². The van der Waals surface area contributed by atoms with E-state index in [1.54, 1.807) is 12.0 Å². The minimum atomic E-state index is -0.891. The summed E-state index contributed by atoms with van der Waals surface area (Å²) in [7, 11) is 1.56. The fourth-order valence-corrected chi connectivity index (χ4v) is 1.51. The van der Waals surface area contributed by atoms with Gasteiger partial charge in [0.2, 0.25) is 0 Å². The molecule has 0 aliphatic heterocycles. The molecule has 0 aliphatic carbocycles. The van der Waals surface area contributed by atoms with Gasteiger partial charge in [0, 0.05) is 20.2 Å². The van der Waals surface area contributed by atoms with Gasteiger partial charge in [-0.2, -0.15) is 0 Å². The molecular weight excluding hydrogens is 253 g/mol. The van der Waals surface area contributed by atoms with E-state index in [-0.39, 0.29) is 12.4 Å². The number of halogens is 1. The van der Waals surface area contributed by atoms with Gasteiger partial charge in [0.25, 0.3) is 0 Å². The topological polar surface area (TPSA) is 59.0 Å². The van der Waals surface area contributed by atoms with Crippen molar-refractivity contribution in [3.8, 4) is 5.75 Å². The van der Waals surface area contributed by atoms with Crippen molar-refractivity contribution in [3.63, 3.8) is 0 Å². The number of carbonyl (C=O) groups is 1. The SMILES string of the molecule is COCCN(CCOc1ccc(F)cc1)CC(=O)O. The highest BCUT2D eigenvalue weighted by molar-refractivity contribution is 5.69. The second-order valence-electron chi connectivity index (χ2n) is 3.97. The third-order valence-corrected chi connectivity index (χ3v) is 2.46. The first-order valence-electron chi connectivity index (χ1n) is 5.93. The Morgan fingerprint density at radius 3 is 2.47 bits per heavy atom. The molecule has 1 aromatic rings. The molecule has 106 valence electrons. The summed E-state index contributed by atoms with van der Waals surface area (Å²) in [4.78, 5) is 12.4. The normalized spacial score (nSPS) is 10.7. The number of carboxylic acids is 1. The zero-order chi connectivity index (χ0) is 14.1. The average Bonchev–Trinajstić information content (AvgIpc) is 2.37. The first-order chi connectivity index (χ1) is 9.11. The van der Waals surface area contributed by atoms with Crippen LogP contribution in [0.3, 0.4) is 0 Å². The number of carboxylic acid groups (broad SMARTS) is 1. The van der Waals surface area contributed by atoms with Crippen LogP contribution in [0.15, 0.2) is 24.3 Å². The van der Waals surface area contributed by atoms with Gasteiger partial charge in [-0.1, -0.05) is 0 Å². The first-order valence-corrected chi connectivity index (χ1v) is 5.93. The van der Waals surface area contributed by atoms with Crippen molar-refractivity contribution in [1.82, 2.24) is 4.90 Å². The summed E-state index contributed by atoms with van der Waals surface area (Å²) in [6, 6.07) is 5.70. The van der Waals surface area contributed by atoms with Gasteiger partial charge in [0.15, 0.2) is 0 Å². The maximum Gasteiger partial charge on any atom is 0.317 e. The minimum absolute atomic E-state index is 0.0594. The number of benzene rings is 1. The zero-order valence-electron chi connectivity index (χ0n) is 10.8. The molecule has 0 aromatic heterocycles. The number of methoxy groups -OCH3 is 1. The average molecular weight is 271 g/mol. The van der Waals surface area contributed by atoms with Gasteiger partial charge >= 0.3 is 5.97 Å². The quantitative estimate of drug-likeness (QED) is 0.732. The van der Waals surface area contributed by atoms with Gasteiger partial charge in [-0.15, -0.1) is 0 Å². The summed E-state index contributed by atoms with van der Waals surface area (Å²) in [5.74, 6) is -0.652. The van der Waals surface area contributed by atoms with Gasteiger partial charge in [-0.05, 0) is 24.3 Å². The first kappa shape index (κ1) is 15.4. The van der Waals surface area contributed by atoms with E-state index in [1.165, 1.54) is 24.3 Å². The Morgan fingerprint density at radius 1 is 1.26 bits per heavy atom. The van der Waals surface area contributed by atoms with Crippen molar-refractivity contribution in [1.29, 1.82) is 0 Å². The van der Waals surface area contributed by atoms with E-state index in [0.717, 1.165) is 0 Å². The third-order valence-electron chi connectivity index (χ3n) is 2.46.